The van der Waals surface area contributed by atoms with E-state index in [4.69, 9.17) is 9.31 Å². The highest BCUT2D eigenvalue weighted by Gasteiger charge is 2.51. The lowest BCUT2D eigenvalue weighted by Gasteiger charge is -2.32. The zero-order valence-corrected chi connectivity index (χ0v) is 16.4. The van der Waals surface area contributed by atoms with Crippen molar-refractivity contribution < 1.29 is 18.9 Å². The quantitative estimate of drug-likeness (QED) is 0.782. The summed E-state index contributed by atoms with van der Waals surface area (Å²) in [5.41, 5.74) is 1.19. The third-order valence-electron chi connectivity index (χ3n) is 5.91. The summed E-state index contributed by atoms with van der Waals surface area (Å²) in [6, 6.07) is 5.54. The van der Waals surface area contributed by atoms with E-state index in [1.165, 1.54) is 0 Å². The number of rotatable bonds is 5. The fourth-order valence-electron chi connectivity index (χ4n) is 3.09. The van der Waals surface area contributed by atoms with Crippen LogP contribution in [0, 0.1) is 11.8 Å². The van der Waals surface area contributed by atoms with Crippen molar-refractivity contribution in [3.05, 3.63) is 18.2 Å². The van der Waals surface area contributed by atoms with Crippen molar-refractivity contribution in [2.75, 3.05) is 10.6 Å². The van der Waals surface area contributed by atoms with Crippen molar-refractivity contribution in [2.24, 2.45) is 11.8 Å². The fourth-order valence-corrected chi connectivity index (χ4v) is 3.09. The highest BCUT2D eigenvalue weighted by molar-refractivity contribution is 6.62. The normalized spacial score (nSPS) is 23.2. The van der Waals surface area contributed by atoms with Crippen molar-refractivity contribution in [3.63, 3.8) is 0 Å². The number of hydrogen-bond donors (Lipinski definition) is 2. The molecule has 1 aromatic carbocycles. The lowest BCUT2D eigenvalue weighted by molar-refractivity contribution is -0.118. The van der Waals surface area contributed by atoms with Gasteiger partial charge in [0, 0.05) is 23.2 Å². The number of amides is 2. The van der Waals surface area contributed by atoms with E-state index < -0.39 is 18.3 Å². The highest BCUT2D eigenvalue weighted by Crippen LogP contribution is 2.37. The van der Waals surface area contributed by atoms with E-state index in [9.17, 15) is 9.59 Å². The number of nitrogens with one attached hydrogen (secondary N) is 2. The standard InChI is InChI=1S/C20H27BN2O4/c1-19(2)20(3,4)27-21(26-19)14-9-15(22-17(24)12-5-6-12)11-16(10-14)23-18(25)13-7-8-13/h9-13H,5-8H2,1-4H3,(H,22,24)(H,23,25). The van der Waals surface area contributed by atoms with Crippen LogP contribution >= 0.6 is 0 Å². The molecule has 1 heterocycles. The minimum absolute atomic E-state index is 0.0283. The van der Waals surface area contributed by atoms with Crippen molar-refractivity contribution in [1.29, 1.82) is 0 Å². The van der Waals surface area contributed by atoms with Gasteiger partial charge in [-0.05, 0) is 77.0 Å². The molecule has 0 unspecified atom stereocenters. The Bertz CT molecular complexity index is 724. The van der Waals surface area contributed by atoms with Crippen LogP contribution in [-0.2, 0) is 18.9 Å². The number of carbonyl (C=O) groups excluding carboxylic acids is 2. The minimum atomic E-state index is -0.552. The van der Waals surface area contributed by atoms with Gasteiger partial charge in [-0.1, -0.05) is 0 Å². The molecule has 0 spiro atoms. The molecule has 3 fully saturated rings. The Morgan fingerprint density at radius 3 is 1.63 bits per heavy atom. The first-order valence-corrected chi connectivity index (χ1v) is 9.77. The molecule has 1 aromatic rings. The predicted octanol–water partition coefficient (Wildman–Crippen LogP) is 2.68. The number of hydrogen-bond acceptors (Lipinski definition) is 4. The van der Waals surface area contributed by atoms with Crippen LogP contribution in [0.5, 0.6) is 0 Å². The molecule has 4 rings (SSSR count). The van der Waals surface area contributed by atoms with Gasteiger partial charge in [0.25, 0.3) is 0 Å². The van der Waals surface area contributed by atoms with Gasteiger partial charge in [-0.3, -0.25) is 9.59 Å². The SMILES string of the molecule is CC1(C)OB(c2cc(NC(=O)C3CC3)cc(NC(=O)C3CC3)c2)OC1(C)C. The monoisotopic (exact) mass is 370 g/mol. The molecule has 0 bridgehead atoms. The van der Waals surface area contributed by atoms with Gasteiger partial charge < -0.3 is 19.9 Å². The fraction of sp³-hybridized carbons (Fsp3) is 0.600. The molecule has 0 radical (unpaired) electrons. The second-order valence-electron chi connectivity index (χ2n) is 8.96. The van der Waals surface area contributed by atoms with Crippen LogP contribution < -0.4 is 16.1 Å². The lowest BCUT2D eigenvalue weighted by atomic mass is 9.78. The summed E-state index contributed by atoms with van der Waals surface area (Å²) in [4.78, 5) is 24.4. The molecule has 2 amide bonds. The third kappa shape index (κ3) is 3.89. The topological polar surface area (TPSA) is 76.7 Å². The Morgan fingerprint density at radius 1 is 0.852 bits per heavy atom. The van der Waals surface area contributed by atoms with E-state index in [-0.39, 0.29) is 23.7 Å². The Hall–Kier alpha value is -1.86. The summed E-state index contributed by atoms with van der Waals surface area (Å²) in [5, 5.41) is 5.93. The summed E-state index contributed by atoms with van der Waals surface area (Å²) in [6.07, 6.45) is 3.75. The van der Waals surface area contributed by atoms with E-state index in [0.717, 1.165) is 31.1 Å². The van der Waals surface area contributed by atoms with Crippen molar-refractivity contribution in [2.45, 2.75) is 64.6 Å². The smallest absolute Gasteiger partial charge is 0.399 e. The number of anilines is 2. The summed E-state index contributed by atoms with van der Waals surface area (Å²) >= 11 is 0. The summed E-state index contributed by atoms with van der Waals surface area (Å²) < 4.78 is 12.3. The largest absolute Gasteiger partial charge is 0.494 e. The third-order valence-corrected chi connectivity index (χ3v) is 5.91. The summed E-state index contributed by atoms with van der Waals surface area (Å²) in [5.74, 6) is 0.270. The Labute approximate surface area is 160 Å². The molecule has 0 atom stereocenters. The molecule has 2 N–H and O–H groups in total. The van der Waals surface area contributed by atoms with E-state index >= 15 is 0 Å². The molecule has 6 nitrogen and oxygen atoms in total. The maximum Gasteiger partial charge on any atom is 0.494 e. The summed E-state index contributed by atoms with van der Waals surface area (Å²) in [7, 11) is -0.552. The Kier molecular flexibility index (Phi) is 4.35. The van der Waals surface area contributed by atoms with Gasteiger partial charge in [0.2, 0.25) is 11.8 Å². The summed E-state index contributed by atoms with van der Waals surface area (Å²) in [6.45, 7) is 8.01. The molecule has 144 valence electrons. The van der Waals surface area contributed by atoms with Gasteiger partial charge in [-0.15, -0.1) is 0 Å². The average Bonchev–Trinajstić information content (AvgIpc) is 3.46. The van der Waals surface area contributed by atoms with Gasteiger partial charge in [0.05, 0.1) is 11.2 Å². The Balaban J connectivity index is 1.60. The first-order chi connectivity index (χ1) is 12.6. The molecular weight excluding hydrogens is 343 g/mol. The number of benzene rings is 1. The average molecular weight is 370 g/mol. The van der Waals surface area contributed by atoms with Gasteiger partial charge in [0.15, 0.2) is 0 Å². The Morgan fingerprint density at radius 2 is 1.26 bits per heavy atom. The van der Waals surface area contributed by atoms with Crippen LogP contribution in [-0.4, -0.2) is 30.1 Å². The van der Waals surface area contributed by atoms with E-state index in [1.807, 2.05) is 39.8 Å². The van der Waals surface area contributed by atoms with Crippen molar-refractivity contribution in [1.82, 2.24) is 0 Å². The molecule has 7 heteroatoms. The van der Waals surface area contributed by atoms with Crippen molar-refractivity contribution >= 4 is 35.8 Å². The first-order valence-electron chi connectivity index (χ1n) is 9.77. The predicted molar refractivity (Wildman–Crippen MR) is 105 cm³/mol. The van der Waals surface area contributed by atoms with Crippen LogP contribution in [0.2, 0.25) is 0 Å². The molecule has 27 heavy (non-hydrogen) atoms. The maximum atomic E-state index is 12.2. The van der Waals surface area contributed by atoms with Crippen LogP contribution in [0.4, 0.5) is 11.4 Å². The van der Waals surface area contributed by atoms with Crippen LogP contribution in [0.15, 0.2) is 18.2 Å². The van der Waals surface area contributed by atoms with Crippen molar-refractivity contribution in [3.8, 4) is 0 Å². The van der Waals surface area contributed by atoms with Gasteiger partial charge in [-0.2, -0.15) is 0 Å². The second kappa shape index (κ2) is 6.35. The van der Waals surface area contributed by atoms with E-state index in [2.05, 4.69) is 10.6 Å². The van der Waals surface area contributed by atoms with Gasteiger partial charge in [0.1, 0.15) is 0 Å². The van der Waals surface area contributed by atoms with Gasteiger partial charge in [-0.25, -0.2) is 0 Å². The van der Waals surface area contributed by atoms with Crippen LogP contribution in [0.25, 0.3) is 0 Å². The first kappa shape index (κ1) is 18.5. The zero-order valence-electron chi connectivity index (χ0n) is 16.4. The minimum Gasteiger partial charge on any atom is -0.399 e. The molecule has 2 aliphatic carbocycles. The molecule has 2 saturated carbocycles. The van der Waals surface area contributed by atoms with Crippen LogP contribution in [0.3, 0.4) is 0 Å². The van der Waals surface area contributed by atoms with E-state index in [1.54, 1.807) is 6.07 Å². The van der Waals surface area contributed by atoms with Crippen LogP contribution in [0.1, 0.15) is 53.4 Å². The number of carbonyl (C=O) groups is 2. The molecular formula is C20H27BN2O4. The molecule has 1 aliphatic heterocycles. The molecule has 0 aromatic heterocycles. The molecule has 1 saturated heterocycles. The molecule has 3 aliphatic rings. The van der Waals surface area contributed by atoms with Gasteiger partial charge >= 0.3 is 7.12 Å². The lowest BCUT2D eigenvalue weighted by Crippen LogP contribution is -2.41. The maximum absolute atomic E-state index is 12.2. The van der Waals surface area contributed by atoms with E-state index in [0.29, 0.717) is 11.4 Å². The zero-order chi connectivity index (χ0) is 19.4. The second-order valence-corrected chi connectivity index (χ2v) is 8.96. The highest BCUT2D eigenvalue weighted by atomic mass is 16.7.